The maximum atomic E-state index is 9.30. The highest BCUT2D eigenvalue weighted by Crippen LogP contribution is 2.26. The van der Waals surface area contributed by atoms with Gasteiger partial charge in [-0.1, -0.05) is 30.3 Å². The number of nitrogens with one attached hydrogen (secondary N) is 1. The Bertz CT molecular complexity index is 395. The first-order chi connectivity index (χ1) is 9.79. The molecule has 0 aromatic heterocycles. The van der Waals surface area contributed by atoms with Crippen LogP contribution in [0.1, 0.15) is 31.2 Å². The number of likely N-dealkylation sites (tertiary alicyclic amines) is 1. The summed E-state index contributed by atoms with van der Waals surface area (Å²) in [5, 5.41) is 13.0. The van der Waals surface area contributed by atoms with Crippen molar-refractivity contribution in [1.82, 2.24) is 10.2 Å². The smallest absolute Gasteiger partial charge is 0.0546 e. The molecule has 1 aromatic rings. The second kappa shape index (κ2) is 6.70. The van der Waals surface area contributed by atoms with Crippen molar-refractivity contribution in [2.24, 2.45) is 5.92 Å². The zero-order chi connectivity index (χ0) is 13.8. The molecule has 2 fully saturated rings. The number of benzene rings is 1. The minimum Gasteiger partial charge on any atom is -0.393 e. The van der Waals surface area contributed by atoms with E-state index in [1.54, 1.807) is 0 Å². The molecule has 1 aliphatic heterocycles. The minimum atomic E-state index is -0.0190. The molecule has 2 N–H and O–H groups in total. The molecule has 3 nitrogen and oxygen atoms in total. The Morgan fingerprint density at radius 2 is 1.80 bits per heavy atom. The van der Waals surface area contributed by atoms with Gasteiger partial charge in [0.05, 0.1) is 6.10 Å². The molecular formula is C17H26N2O. The monoisotopic (exact) mass is 274 g/mol. The van der Waals surface area contributed by atoms with Crippen LogP contribution in [0.2, 0.25) is 0 Å². The van der Waals surface area contributed by atoms with E-state index < -0.39 is 0 Å². The molecule has 2 aliphatic rings. The van der Waals surface area contributed by atoms with Crippen LogP contribution in [0.25, 0.3) is 0 Å². The topological polar surface area (TPSA) is 35.5 Å². The predicted octanol–water partition coefficient (Wildman–Crippen LogP) is 2.01. The van der Waals surface area contributed by atoms with Crippen LogP contribution in [0.3, 0.4) is 0 Å². The van der Waals surface area contributed by atoms with E-state index in [0.717, 1.165) is 25.9 Å². The third kappa shape index (κ3) is 3.81. The van der Waals surface area contributed by atoms with Crippen LogP contribution in [0.4, 0.5) is 0 Å². The van der Waals surface area contributed by atoms with Gasteiger partial charge in [0, 0.05) is 12.6 Å². The van der Waals surface area contributed by atoms with Crippen molar-refractivity contribution in [1.29, 1.82) is 0 Å². The molecule has 0 amide bonds. The van der Waals surface area contributed by atoms with E-state index in [1.807, 2.05) is 0 Å². The van der Waals surface area contributed by atoms with Crippen LogP contribution < -0.4 is 5.32 Å². The van der Waals surface area contributed by atoms with Crippen LogP contribution in [0.15, 0.2) is 30.3 Å². The average molecular weight is 274 g/mol. The van der Waals surface area contributed by atoms with Gasteiger partial charge in [-0.2, -0.15) is 0 Å². The number of aliphatic hydroxyl groups excluding tert-OH is 1. The van der Waals surface area contributed by atoms with Crippen molar-refractivity contribution in [3.63, 3.8) is 0 Å². The Labute approximate surface area is 122 Å². The molecule has 110 valence electrons. The summed E-state index contributed by atoms with van der Waals surface area (Å²) in [5.74, 6) is 0.715. The summed E-state index contributed by atoms with van der Waals surface area (Å²) in [4.78, 5) is 2.56. The van der Waals surface area contributed by atoms with Crippen LogP contribution in [-0.2, 0) is 6.54 Å². The van der Waals surface area contributed by atoms with Crippen molar-refractivity contribution in [2.45, 2.75) is 44.4 Å². The van der Waals surface area contributed by atoms with Crippen molar-refractivity contribution >= 4 is 0 Å². The molecule has 1 aromatic carbocycles. The largest absolute Gasteiger partial charge is 0.393 e. The molecular weight excluding hydrogens is 248 g/mol. The highest BCUT2D eigenvalue weighted by Gasteiger charge is 2.28. The fraction of sp³-hybridized carbons (Fsp3) is 0.647. The lowest BCUT2D eigenvalue weighted by Crippen LogP contribution is -2.45. The Kier molecular flexibility index (Phi) is 4.71. The molecule has 1 heterocycles. The fourth-order valence-corrected chi connectivity index (χ4v) is 3.34. The highest BCUT2D eigenvalue weighted by atomic mass is 16.3. The van der Waals surface area contributed by atoms with E-state index in [0.29, 0.717) is 12.0 Å². The van der Waals surface area contributed by atoms with Gasteiger partial charge < -0.3 is 10.4 Å². The first-order valence-corrected chi connectivity index (χ1v) is 7.97. The maximum Gasteiger partial charge on any atom is 0.0546 e. The summed E-state index contributed by atoms with van der Waals surface area (Å²) < 4.78 is 0. The molecule has 1 aliphatic carbocycles. The Morgan fingerprint density at radius 3 is 2.45 bits per heavy atom. The summed E-state index contributed by atoms with van der Waals surface area (Å²) in [6, 6.07) is 11.4. The van der Waals surface area contributed by atoms with E-state index in [9.17, 15) is 5.11 Å². The molecule has 0 spiro atoms. The number of nitrogens with zero attached hydrogens (tertiary/aromatic N) is 1. The normalized spacial score (nSPS) is 28.2. The summed E-state index contributed by atoms with van der Waals surface area (Å²) in [7, 11) is 0. The first-order valence-electron chi connectivity index (χ1n) is 7.97. The van der Waals surface area contributed by atoms with Crippen molar-refractivity contribution in [3.8, 4) is 0 Å². The van der Waals surface area contributed by atoms with E-state index in [4.69, 9.17) is 0 Å². The van der Waals surface area contributed by atoms with Gasteiger partial charge >= 0.3 is 0 Å². The Hall–Kier alpha value is -0.900. The van der Waals surface area contributed by atoms with Crippen molar-refractivity contribution < 1.29 is 5.11 Å². The second-order valence-corrected chi connectivity index (χ2v) is 6.44. The third-order valence-corrected chi connectivity index (χ3v) is 4.74. The number of hydrogen-bond donors (Lipinski definition) is 2. The van der Waals surface area contributed by atoms with Gasteiger partial charge in [0.25, 0.3) is 0 Å². The average Bonchev–Trinajstić information content (AvgIpc) is 2.45. The molecule has 20 heavy (non-hydrogen) atoms. The molecule has 1 saturated heterocycles. The maximum absolute atomic E-state index is 9.30. The van der Waals surface area contributed by atoms with Gasteiger partial charge in [-0.25, -0.2) is 0 Å². The lowest BCUT2D eigenvalue weighted by Gasteiger charge is -2.36. The first kappa shape index (κ1) is 14.1. The highest BCUT2D eigenvalue weighted by molar-refractivity contribution is 5.14. The SMILES string of the molecule is OC1CC(CNC2CCN(Cc3ccccc3)CC2)C1. The van der Waals surface area contributed by atoms with E-state index in [2.05, 4.69) is 40.5 Å². The lowest BCUT2D eigenvalue weighted by molar-refractivity contribution is 0.0404. The quantitative estimate of drug-likeness (QED) is 0.862. The molecule has 0 atom stereocenters. The van der Waals surface area contributed by atoms with Gasteiger partial charge in [-0.3, -0.25) is 4.90 Å². The van der Waals surface area contributed by atoms with Crippen LogP contribution >= 0.6 is 0 Å². The summed E-state index contributed by atoms with van der Waals surface area (Å²) >= 11 is 0. The predicted molar refractivity (Wildman–Crippen MR) is 81.5 cm³/mol. The standard InChI is InChI=1S/C17H26N2O/c20-17-10-15(11-17)12-18-16-6-8-19(9-7-16)13-14-4-2-1-3-5-14/h1-5,15-18,20H,6-13H2. The molecule has 0 bridgehead atoms. The third-order valence-electron chi connectivity index (χ3n) is 4.74. The fourth-order valence-electron chi connectivity index (χ4n) is 3.34. The van der Waals surface area contributed by atoms with Gasteiger partial charge in [-0.15, -0.1) is 0 Å². The second-order valence-electron chi connectivity index (χ2n) is 6.44. The summed E-state index contributed by atoms with van der Waals surface area (Å²) in [6.07, 6.45) is 4.48. The molecule has 3 heteroatoms. The number of piperidine rings is 1. The van der Waals surface area contributed by atoms with Crippen LogP contribution in [0, 0.1) is 5.92 Å². The Balaban J connectivity index is 1.34. The van der Waals surface area contributed by atoms with Gasteiger partial charge in [0.1, 0.15) is 0 Å². The minimum absolute atomic E-state index is 0.0190. The van der Waals surface area contributed by atoms with E-state index in [-0.39, 0.29) is 6.10 Å². The van der Waals surface area contributed by atoms with Gasteiger partial charge in [-0.05, 0) is 56.8 Å². The van der Waals surface area contributed by atoms with Gasteiger partial charge in [0.2, 0.25) is 0 Å². The zero-order valence-corrected chi connectivity index (χ0v) is 12.2. The van der Waals surface area contributed by atoms with Crippen molar-refractivity contribution in [3.05, 3.63) is 35.9 Å². The molecule has 0 unspecified atom stereocenters. The lowest BCUT2D eigenvalue weighted by atomic mass is 9.82. The summed E-state index contributed by atoms with van der Waals surface area (Å²) in [5.41, 5.74) is 1.42. The van der Waals surface area contributed by atoms with Gasteiger partial charge in [0.15, 0.2) is 0 Å². The van der Waals surface area contributed by atoms with Crippen LogP contribution in [-0.4, -0.2) is 41.8 Å². The zero-order valence-electron chi connectivity index (χ0n) is 12.2. The number of aliphatic hydroxyl groups is 1. The van der Waals surface area contributed by atoms with Crippen molar-refractivity contribution in [2.75, 3.05) is 19.6 Å². The molecule has 3 rings (SSSR count). The van der Waals surface area contributed by atoms with E-state index >= 15 is 0 Å². The number of hydrogen-bond acceptors (Lipinski definition) is 3. The molecule has 0 radical (unpaired) electrons. The molecule has 1 saturated carbocycles. The van der Waals surface area contributed by atoms with Crippen LogP contribution in [0.5, 0.6) is 0 Å². The summed E-state index contributed by atoms with van der Waals surface area (Å²) in [6.45, 7) is 4.57. The number of rotatable bonds is 5. The Morgan fingerprint density at radius 1 is 1.10 bits per heavy atom. The van der Waals surface area contributed by atoms with E-state index in [1.165, 1.54) is 31.5 Å².